The first kappa shape index (κ1) is 20.7. The number of benzene rings is 2. The second-order valence-electron chi connectivity index (χ2n) is 10.2. The molecule has 172 valence electrons. The maximum absolute atomic E-state index is 13.5. The number of carboxylic acid groups (broad SMARTS) is 1. The summed E-state index contributed by atoms with van der Waals surface area (Å²) in [5.74, 6) is -0.938. The third-order valence-electron chi connectivity index (χ3n) is 7.96. The van der Waals surface area contributed by atoms with E-state index in [2.05, 4.69) is 36.1 Å². The molecule has 33 heavy (non-hydrogen) atoms. The standard InChI is InChI=1S/C27H30N2O4/c1-17-14-27(25(30)31,16-28(17)18-10-11-18)29(19-12-13-19)26(32)33-15-24-22-8-4-2-6-20(22)21-7-3-5-9-23(21)24/h2-9,17-19,24H,10-16H2,1H3,(H,30,31). The van der Waals surface area contributed by atoms with Crippen molar-refractivity contribution in [3.05, 3.63) is 59.7 Å². The number of hydrogen-bond acceptors (Lipinski definition) is 4. The molecule has 3 aliphatic carbocycles. The lowest BCUT2D eigenvalue weighted by Crippen LogP contribution is -2.60. The largest absolute Gasteiger partial charge is 0.479 e. The van der Waals surface area contributed by atoms with Gasteiger partial charge in [0.1, 0.15) is 6.61 Å². The second kappa shape index (κ2) is 7.59. The molecule has 2 unspecified atom stereocenters. The second-order valence-corrected chi connectivity index (χ2v) is 10.2. The molecule has 0 radical (unpaired) electrons. The van der Waals surface area contributed by atoms with Gasteiger partial charge in [-0.25, -0.2) is 9.59 Å². The molecule has 6 heteroatoms. The Hall–Kier alpha value is -2.86. The Morgan fingerprint density at radius 2 is 1.64 bits per heavy atom. The Morgan fingerprint density at radius 1 is 1.03 bits per heavy atom. The van der Waals surface area contributed by atoms with Crippen molar-refractivity contribution in [3.63, 3.8) is 0 Å². The number of hydrogen-bond donors (Lipinski definition) is 1. The van der Waals surface area contributed by atoms with Gasteiger partial charge in [-0.15, -0.1) is 0 Å². The third-order valence-corrected chi connectivity index (χ3v) is 7.96. The number of amides is 1. The fourth-order valence-electron chi connectivity index (χ4n) is 6.13. The molecular formula is C27H30N2O4. The SMILES string of the molecule is CC1CC(C(=O)O)(N(C(=O)OCC2c3ccccc3-c3ccccc32)C2CC2)CN1C1CC1. The molecule has 2 aromatic carbocycles. The molecule has 1 N–H and O–H groups in total. The summed E-state index contributed by atoms with van der Waals surface area (Å²) in [6, 6.07) is 17.1. The molecule has 3 fully saturated rings. The van der Waals surface area contributed by atoms with Crippen LogP contribution in [0.4, 0.5) is 4.79 Å². The van der Waals surface area contributed by atoms with Gasteiger partial charge in [0.2, 0.25) is 0 Å². The molecule has 6 rings (SSSR count). The summed E-state index contributed by atoms with van der Waals surface area (Å²) in [6.45, 7) is 2.70. The van der Waals surface area contributed by atoms with E-state index in [-0.39, 0.29) is 24.6 Å². The zero-order valence-corrected chi connectivity index (χ0v) is 18.9. The molecule has 4 aliphatic rings. The van der Waals surface area contributed by atoms with Crippen molar-refractivity contribution >= 4 is 12.1 Å². The van der Waals surface area contributed by atoms with Crippen LogP contribution in [0.3, 0.4) is 0 Å². The van der Waals surface area contributed by atoms with Crippen molar-refractivity contribution in [2.75, 3.05) is 13.2 Å². The van der Waals surface area contributed by atoms with Crippen LogP contribution in [0.25, 0.3) is 11.1 Å². The molecule has 0 bridgehead atoms. The molecule has 0 aromatic heterocycles. The van der Waals surface area contributed by atoms with Crippen LogP contribution < -0.4 is 0 Å². The van der Waals surface area contributed by atoms with E-state index in [1.807, 2.05) is 24.3 Å². The molecule has 2 saturated carbocycles. The molecule has 1 aliphatic heterocycles. The summed E-state index contributed by atoms with van der Waals surface area (Å²) < 4.78 is 5.94. The number of nitrogens with zero attached hydrogens (tertiary/aromatic N) is 2. The van der Waals surface area contributed by atoms with Gasteiger partial charge < -0.3 is 9.84 Å². The van der Waals surface area contributed by atoms with Crippen molar-refractivity contribution in [1.82, 2.24) is 9.80 Å². The lowest BCUT2D eigenvalue weighted by atomic mass is 9.94. The molecule has 6 nitrogen and oxygen atoms in total. The topological polar surface area (TPSA) is 70.1 Å². The van der Waals surface area contributed by atoms with Crippen LogP contribution in [-0.2, 0) is 9.53 Å². The van der Waals surface area contributed by atoms with Gasteiger partial charge in [0.25, 0.3) is 0 Å². The number of aliphatic carboxylic acids is 1. The molecule has 0 spiro atoms. The van der Waals surface area contributed by atoms with Crippen molar-refractivity contribution in [1.29, 1.82) is 0 Å². The van der Waals surface area contributed by atoms with Crippen molar-refractivity contribution in [3.8, 4) is 11.1 Å². The van der Waals surface area contributed by atoms with E-state index in [0.29, 0.717) is 19.0 Å². The van der Waals surface area contributed by atoms with Gasteiger partial charge in [-0.05, 0) is 61.3 Å². The lowest BCUT2D eigenvalue weighted by Gasteiger charge is -2.37. The molecule has 1 saturated heterocycles. The average Bonchev–Trinajstić information content (AvgIpc) is 3.74. The van der Waals surface area contributed by atoms with Crippen LogP contribution in [0.5, 0.6) is 0 Å². The summed E-state index contributed by atoms with van der Waals surface area (Å²) >= 11 is 0. The highest BCUT2D eigenvalue weighted by Gasteiger charge is 2.59. The predicted octanol–water partition coefficient (Wildman–Crippen LogP) is 4.48. The third kappa shape index (κ3) is 3.34. The number of carbonyl (C=O) groups is 2. The van der Waals surface area contributed by atoms with Crippen molar-refractivity contribution < 1.29 is 19.4 Å². The van der Waals surface area contributed by atoms with Gasteiger partial charge >= 0.3 is 12.1 Å². The fourth-order valence-corrected chi connectivity index (χ4v) is 6.13. The monoisotopic (exact) mass is 446 g/mol. The zero-order valence-electron chi connectivity index (χ0n) is 18.9. The van der Waals surface area contributed by atoms with Crippen LogP contribution in [0.1, 0.15) is 56.1 Å². The van der Waals surface area contributed by atoms with Crippen LogP contribution in [0.15, 0.2) is 48.5 Å². The molecule has 1 amide bonds. The number of likely N-dealkylation sites (tertiary alicyclic amines) is 1. The number of ether oxygens (including phenoxy) is 1. The number of carboxylic acids is 1. The molecule has 2 aromatic rings. The summed E-state index contributed by atoms with van der Waals surface area (Å²) in [7, 11) is 0. The van der Waals surface area contributed by atoms with Crippen molar-refractivity contribution in [2.45, 2.75) is 68.6 Å². The van der Waals surface area contributed by atoms with Gasteiger partial charge in [-0.2, -0.15) is 0 Å². The van der Waals surface area contributed by atoms with E-state index >= 15 is 0 Å². The fraction of sp³-hybridized carbons (Fsp3) is 0.481. The van der Waals surface area contributed by atoms with E-state index in [1.54, 1.807) is 4.90 Å². The van der Waals surface area contributed by atoms with E-state index in [0.717, 1.165) is 36.8 Å². The van der Waals surface area contributed by atoms with Crippen LogP contribution in [-0.4, -0.2) is 63.8 Å². The van der Waals surface area contributed by atoms with Gasteiger partial charge in [0.05, 0.1) is 0 Å². The normalized spacial score (nSPS) is 26.6. The van der Waals surface area contributed by atoms with Crippen LogP contribution in [0, 0.1) is 0 Å². The maximum atomic E-state index is 13.5. The number of carbonyl (C=O) groups excluding carboxylic acids is 1. The molecular weight excluding hydrogens is 416 g/mol. The van der Waals surface area contributed by atoms with E-state index in [1.165, 1.54) is 11.1 Å². The Kier molecular flexibility index (Phi) is 4.77. The molecule has 2 atom stereocenters. The predicted molar refractivity (Wildman–Crippen MR) is 124 cm³/mol. The van der Waals surface area contributed by atoms with Crippen molar-refractivity contribution in [2.24, 2.45) is 0 Å². The van der Waals surface area contributed by atoms with Gasteiger partial charge in [-0.3, -0.25) is 9.80 Å². The highest BCUT2D eigenvalue weighted by Crippen LogP contribution is 2.46. The Morgan fingerprint density at radius 3 is 2.18 bits per heavy atom. The zero-order chi connectivity index (χ0) is 22.7. The minimum atomic E-state index is -1.20. The maximum Gasteiger partial charge on any atom is 0.411 e. The van der Waals surface area contributed by atoms with E-state index < -0.39 is 17.6 Å². The van der Waals surface area contributed by atoms with Crippen LogP contribution in [0.2, 0.25) is 0 Å². The first-order chi connectivity index (χ1) is 16.0. The molecule has 1 heterocycles. The first-order valence-corrected chi connectivity index (χ1v) is 12.1. The summed E-state index contributed by atoms with van der Waals surface area (Å²) in [4.78, 5) is 30.1. The highest BCUT2D eigenvalue weighted by atomic mass is 16.6. The van der Waals surface area contributed by atoms with E-state index in [4.69, 9.17) is 4.74 Å². The smallest absolute Gasteiger partial charge is 0.411 e. The quantitative estimate of drug-likeness (QED) is 0.709. The van der Waals surface area contributed by atoms with Crippen LogP contribution >= 0.6 is 0 Å². The average molecular weight is 447 g/mol. The minimum Gasteiger partial charge on any atom is -0.479 e. The minimum absolute atomic E-state index is 0.0337. The lowest BCUT2D eigenvalue weighted by molar-refractivity contribution is -0.150. The van der Waals surface area contributed by atoms with Gasteiger partial charge in [0.15, 0.2) is 5.54 Å². The number of fused-ring (bicyclic) bond motifs is 3. The van der Waals surface area contributed by atoms with E-state index in [9.17, 15) is 14.7 Å². The Labute approximate surface area is 194 Å². The van der Waals surface area contributed by atoms with Gasteiger partial charge in [0, 0.05) is 30.6 Å². The summed E-state index contributed by atoms with van der Waals surface area (Å²) in [6.07, 6.45) is 3.91. The van der Waals surface area contributed by atoms with Gasteiger partial charge in [-0.1, -0.05) is 48.5 Å². The number of rotatable bonds is 6. The first-order valence-electron chi connectivity index (χ1n) is 12.1. The summed E-state index contributed by atoms with van der Waals surface area (Å²) in [5.41, 5.74) is 3.48. The Balaban J connectivity index is 1.26. The highest BCUT2D eigenvalue weighted by molar-refractivity contribution is 5.86. The Bertz CT molecular complexity index is 1060. The summed E-state index contributed by atoms with van der Waals surface area (Å²) in [5, 5.41) is 10.4.